The van der Waals surface area contributed by atoms with E-state index in [1.807, 2.05) is 0 Å². The first-order chi connectivity index (χ1) is 7.80. The number of hydrogen-bond acceptors (Lipinski definition) is 0. The van der Waals surface area contributed by atoms with Gasteiger partial charge in [0.2, 0.25) is 0 Å². The summed E-state index contributed by atoms with van der Waals surface area (Å²) in [5.41, 5.74) is 0.465. The van der Waals surface area contributed by atoms with Crippen LogP contribution in [0.3, 0.4) is 0 Å². The van der Waals surface area contributed by atoms with Crippen LogP contribution >= 0.6 is 0 Å². The molecule has 17 heavy (non-hydrogen) atoms. The third-order valence-corrected chi connectivity index (χ3v) is 3.87. The van der Waals surface area contributed by atoms with Crippen molar-refractivity contribution in [3.05, 3.63) is 12.2 Å². The highest BCUT2D eigenvalue weighted by Crippen LogP contribution is 2.30. The lowest BCUT2D eigenvalue weighted by molar-refractivity contribution is 0.250. The standard InChI is InChI=1S/C17H34/c1-8-16(9-2)12-10-11-14(3)15(4)13-17(5,6)7/h10,12,14-16H,8-9,11,13H2,1-7H3. The predicted octanol–water partition coefficient (Wildman–Crippen LogP) is 6.08. The van der Waals surface area contributed by atoms with E-state index in [1.165, 1.54) is 25.7 Å². The zero-order valence-corrected chi connectivity index (χ0v) is 13.2. The van der Waals surface area contributed by atoms with E-state index in [-0.39, 0.29) is 0 Å². The van der Waals surface area contributed by atoms with Crippen LogP contribution in [0.4, 0.5) is 0 Å². The van der Waals surface area contributed by atoms with E-state index in [9.17, 15) is 0 Å². The summed E-state index contributed by atoms with van der Waals surface area (Å²) < 4.78 is 0. The molecule has 0 saturated heterocycles. The maximum absolute atomic E-state index is 2.43. The van der Waals surface area contributed by atoms with Gasteiger partial charge < -0.3 is 0 Å². The minimum atomic E-state index is 0.465. The van der Waals surface area contributed by atoms with Gasteiger partial charge in [-0.05, 0) is 48.9 Å². The summed E-state index contributed by atoms with van der Waals surface area (Å²) in [4.78, 5) is 0. The van der Waals surface area contributed by atoms with Crippen LogP contribution in [0.5, 0.6) is 0 Å². The molecule has 0 heterocycles. The molecule has 0 radical (unpaired) electrons. The Kier molecular flexibility index (Phi) is 7.83. The Hall–Kier alpha value is -0.260. The molecule has 0 aliphatic rings. The quantitative estimate of drug-likeness (QED) is 0.472. The van der Waals surface area contributed by atoms with Gasteiger partial charge in [0.15, 0.2) is 0 Å². The van der Waals surface area contributed by atoms with E-state index in [0.29, 0.717) is 5.41 Å². The fourth-order valence-corrected chi connectivity index (χ4v) is 2.45. The Bertz CT molecular complexity index is 203. The molecule has 0 aromatic heterocycles. The average Bonchev–Trinajstić information content (AvgIpc) is 2.21. The van der Waals surface area contributed by atoms with Gasteiger partial charge >= 0.3 is 0 Å². The lowest BCUT2D eigenvalue weighted by Crippen LogP contribution is -2.16. The summed E-state index contributed by atoms with van der Waals surface area (Å²) in [5, 5.41) is 0. The van der Waals surface area contributed by atoms with Crippen molar-refractivity contribution in [1.82, 2.24) is 0 Å². The van der Waals surface area contributed by atoms with Gasteiger partial charge in [0.05, 0.1) is 0 Å². The monoisotopic (exact) mass is 238 g/mol. The molecule has 0 aliphatic heterocycles. The van der Waals surface area contributed by atoms with E-state index in [0.717, 1.165) is 17.8 Å². The number of hydrogen-bond donors (Lipinski definition) is 0. The Labute approximate surface area is 110 Å². The van der Waals surface area contributed by atoms with Crippen LogP contribution in [0.2, 0.25) is 0 Å². The predicted molar refractivity (Wildman–Crippen MR) is 80.2 cm³/mol. The van der Waals surface area contributed by atoms with Crippen LogP contribution in [-0.4, -0.2) is 0 Å². The first-order valence-corrected chi connectivity index (χ1v) is 7.46. The van der Waals surface area contributed by atoms with Gasteiger partial charge in [0.25, 0.3) is 0 Å². The smallest absolute Gasteiger partial charge is 0.0239 e. The van der Waals surface area contributed by atoms with Crippen molar-refractivity contribution < 1.29 is 0 Å². The molecule has 0 spiro atoms. The molecule has 0 aromatic rings. The molecule has 0 fully saturated rings. The zero-order valence-electron chi connectivity index (χ0n) is 13.2. The first kappa shape index (κ1) is 16.7. The molecule has 0 nitrogen and oxygen atoms in total. The second-order valence-corrected chi connectivity index (χ2v) is 6.96. The Morgan fingerprint density at radius 2 is 1.47 bits per heavy atom. The highest BCUT2D eigenvalue weighted by Gasteiger charge is 2.19. The van der Waals surface area contributed by atoms with Gasteiger partial charge in [0.1, 0.15) is 0 Å². The van der Waals surface area contributed by atoms with Crippen molar-refractivity contribution in [2.24, 2.45) is 23.2 Å². The number of allylic oxidation sites excluding steroid dienone is 2. The Morgan fingerprint density at radius 1 is 0.941 bits per heavy atom. The maximum Gasteiger partial charge on any atom is -0.0239 e. The van der Waals surface area contributed by atoms with Crippen molar-refractivity contribution in [3.63, 3.8) is 0 Å². The van der Waals surface area contributed by atoms with Crippen molar-refractivity contribution in [1.29, 1.82) is 0 Å². The van der Waals surface area contributed by atoms with E-state index in [4.69, 9.17) is 0 Å². The summed E-state index contributed by atoms with van der Waals surface area (Å²) in [6, 6.07) is 0. The minimum absolute atomic E-state index is 0.465. The Balaban J connectivity index is 4.04. The zero-order chi connectivity index (χ0) is 13.5. The molecule has 2 unspecified atom stereocenters. The van der Waals surface area contributed by atoms with Crippen molar-refractivity contribution in [3.8, 4) is 0 Å². The van der Waals surface area contributed by atoms with Crippen LogP contribution < -0.4 is 0 Å². The van der Waals surface area contributed by atoms with Gasteiger partial charge in [-0.1, -0.05) is 60.6 Å². The molecular formula is C17H34. The van der Waals surface area contributed by atoms with Crippen molar-refractivity contribution >= 4 is 0 Å². The van der Waals surface area contributed by atoms with E-state index < -0.39 is 0 Å². The average molecular weight is 238 g/mol. The summed E-state index contributed by atoms with van der Waals surface area (Å²) >= 11 is 0. The largest absolute Gasteiger partial charge is 0.0880 e. The fraction of sp³-hybridized carbons (Fsp3) is 0.882. The van der Waals surface area contributed by atoms with Crippen LogP contribution in [0, 0.1) is 23.2 Å². The highest BCUT2D eigenvalue weighted by atomic mass is 14.2. The maximum atomic E-state index is 2.43. The SMILES string of the molecule is CCC(C=CCC(C)C(C)CC(C)(C)C)CC. The van der Waals surface area contributed by atoms with Gasteiger partial charge in [-0.3, -0.25) is 0 Å². The highest BCUT2D eigenvalue weighted by molar-refractivity contribution is 4.89. The molecule has 0 aromatic carbocycles. The minimum Gasteiger partial charge on any atom is -0.0880 e. The van der Waals surface area contributed by atoms with Crippen molar-refractivity contribution in [2.75, 3.05) is 0 Å². The molecule has 0 N–H and O–H groups in total. The third kappa shape index (κ3) is 8.46. The molecule has 2 atom stereocenters. The Morgan fingerprint density at radius 3 is 1.88 bits per heavy atom. The second kappa shape index (κ2) is 7.95. The van der Waals surface area contributed by atoms with Gasteiger partial charge in [-0.25, -0.2) is 0 Å². The summed E-state index contributed by atoms with van der Waals surface area (Å²) in [6.07, 6.45) is 9.97. The molecule has 0 rings (SSSR count). The van der Waals surface area contributed by atoms with Crippen LogP contribution in [0.15, 0.2) is 12.2 Å². The number of rotatable bonds is 7. The van der Waals surface area contributed by atoms with Gasteiger partial charge in [0, 0.05) is 0 Å². The topological polar surface area (TPSA) is 0 Å². The lowest BCUT2D eigenvalue weighted by Gasteiger charge is -2.27. The van der Waals surface area contributed by atoms with Gasteiger partial charge in [-0.15, -0.1) is 0 Å². The summed E-state index contributed by atoms with van der Waals surface area (Å²) in [6.45, 7) is 16.4. The van der Waals surface area contributed by atoms with Crippen LogP contribution in [0.25, 0.3) is 0 Å². The molecule has 0 bridgehead atoms. The normalized spacial score (nSPS) is 16.7. The molecule has 0 aliphatic carbocycles. The van der Waals surface area contributed by atoms with Crippen LogP contribution in [-0.2, 0) is 0 Å². The summed E-state index contributed by atoms with van der Waals surface area (Å²) in [5.74, 6) is 2.42. The lowest BCUT2D eigenvalue weighted by atomic mass is 9.79. The van der Waals surface area contributed by atoms with Crippen LogP contribution in [0.1, 0.15) is 74.1 Å². The van der Waals surface area contributed by atoms with Crippen molar-refractivity contribution in [2.45, 2.75) is 74.1 Å². The third-order valence-electron chi connectivity index (χ3n) is 3.87. The molecular weight excluding hydrogens is 204 g/mol. The molecule has 0 saturated carbocycles. The summed E-state index contributed by atoms with van der Waals surface area (Å²) in [7, 11) is 0. The van der Waals surface area contributed by atoms with E-state index in [1.54, 1.807) is 0 Å². The molecule has 0 heteroatoms. The van der Waals surface area contributed by atoms with Gasteiger partial charge in [-0.2, -0.15) is 0 Å². The second-order valence-electron chi connectivity index (χ2n) is 6.96. The van der Waals surface area contributed by atoms with E-state index >= 15 is 0 Å². The fourth-order valence-electron chi connectivity index (χ4n) is 2.45. The molecule has 102 valence electrons. The first-order valence-electron chi connectivity index (χ1n) is 7.46. The van der Waals surface area contributed by atoms with E-state index in [2.05, 4.69) is 60.6 Å². The molecule has 0 amide bonds.